The number of carboxylic acid groups (broad SMARTS) is 1. The molecule has 1 fully saturated rings. The average molecular weight is 545 g/mol. The number of benzene rings is 2. The van der Waals surface area contributed by atoms with Gasteiger partial charge in [-0.1, -0.05) is 28.4 Å². The van der Waals surface area contributed by atoms with Gasteiger partial charge >= 0.3 is 6.09 Å². The number of hydrogen-bond acceptors (Lipinski definition) is 9. The summed E-state index contributed by atoms with van der Waals surface area (Å²) in [5.41, 5.74) is 1.35. The highest BCUT2D eigenvalue weighted by atomic mass is 35.5. The Balaban J connectivity index is 1.30. The van der Waals surface area contributed by atoms with Gasteiger partial charge in [-0.3, -0.25) is 0 Å². The van der Waals surface area contributed by atoms with E-state index in [1.807, 2.05) is 0 Å². The summed E-state index contributed by atoms with van der Waals surface area (Å²) in [4.78, 5) is 25.7. The molecule has 2 aromatic heterocycles. The molecule has 4 aromatic rings. The maximum Gasteiger partial charge on any atom is 0.407 e. The standard InChI is InChI=1S/C24H22Cl2N6O5/c1-35-19-9-15-18(27-12-28-22(15)29-14-2-3-16(25)17(26)8-14)10-20(19)36-11-21-30-23(37-31-21)13-4-6-32(7-5-13)24(33)34/h2-3,8-10,12-13H,4-7,11H2,1H3,(H,33,34)(H,27,28,29). The fraction of sp³-hybridized carbons (Fsp3) is 0.292. The molecule has 2 aromatic carbocycles. The van der Waals surface area contributed by atoms with E-state index < -0.39 is 6.09 Å². The molecule has 0 atom stereocenters. The molecule has 3 heterocycles. The van der Waals surface area contributed by atoms with Gasteiger partial charge in [-0.15, -0.1) is 0 Å². The number of likely N-dealkylation sites (tertiary alicyclic amines) is 1. The fourth-order valence-corrected chi connectivity index (χ4v) is 4.40. The number of nitrogens with one attached hydrogen (secondary N) is 1. The number of piperidine rings is 1. The molecule has 1 aliphatic rings. The second-order valence-corrected chi connectivity index (χ2v) is 9.19. The summed E-state index contributed by atoms with van der Waals surface area (Å²) in [6, 6.07) is 8.73. The van der Waals surface area contributed by atoms with Crippen LogP contribution in [0.1, 0.15) is 30.5 Å². The number of rotatable bonds is 7. The fourth-order valence-electron chi connectivity index (χ4n) is 4.10. The molecule has 1 saturated heterocycles. The highest BCUT2D eigenvalue weighted by Gasteiger charge is 2.27. The van der Waals surface area contributed by atoms with E-state index in [1.54, 1.807) is 37.4 Å². The number of fused-ring (bicyclic) bond motifs is 1. The Bertz CT molecular complexity index is 1440. The molecular formula is C24H22Cl2N6O5. The second-order valence-electron chi connectivity index (χ2n) is 8.38. The van der Waals surface area contributed by atoms with Crippen LogP contribution >= 0.6 is 23.2 Å². The van der Waals surface area contributed by atoms with Crippen LogP contribution in [-0.4, -0.2) is 56.4 Å². The number of ether oxygens (including phenoxy) is 2. The van der Waals surface area contributed by atoms with Crippen molar-refractivity contribution >= 4 is 51.7 Å². The SMILES string of the molecule is COc1cc2c(Nc3ccc(Cl)c(Cl)c3)ncnc2cc1OCc1noc(C2CCN(C(=O)O)CC2)n1. The third-order valence-corrected chi connectivity index (χ3v) is 6.80. The smallest absolute Gasteiger partial charge is 0.407 e. The Labute approximate surface area is 221 Å². The van der Waals surface area contributed by atoms with E-state index in [-0.39, 0.29) is 12.5 Å². The van der Waals surface area contributed by atoms with Crippen LogP contribution in [0.2, 0.25) is 10.0 Å². The van der Waals surface area contributed by atoms with Crippen molar-refractivity contribution in [1.82, 2.24) is 25.0 Å². The van der Waals surface area contributed by atoms with Crippen molar-refractivity contribution < 1.29 is 23.9 Å². The van der Waals surface area contributed by atoms with Crippen LogP contribution in [0.25, 0.3) is 10.9 Å². The summed E-state index contributed by atoms with van der Waals surface area (Å²) in [7, 11) is 1.54. The lowest BCUT2D eigenvalue weighted by Crippen LogP contribution is -2.36. The normalized spacial score (nSPS) is 14.1. The van der Waals surface area contributed by atoms with E-state index in [9.17, 15) is 4.79 Å². The molecule has 5 rings (SSSR count). The maximum absolute atomic E-state index is 11.1. The molecule has 0 aliphatic carbocycles. The topological polar surface area (TPSA) is 136 Å². The van der Waals surface area contributed by atoms with Crippen LogP contribution in [0.15, 0.2) is 41.2 Å². The Morgan fingerprint density at radius 3 is 2.70 bits per heavy atom. The van der Waals surface area contributed by atoms with Crippen LogP contribution < -0.4 is 14.8 Å². The number of halogens is 2. The Hall–Kier alpha value is -3.83. The van der Waals surface area contributed by atoms with Crippen molar-refractivity contribution in [3.63, 3.8) is 0 Å². The summed E-state index contributed by atoms with van der Waals surface area (Å²) in [6.45, 7) is 0.928. The van der Waals surface area contributed by atoms with Gasteiger partial charge in [0.1, 0.15) is 12.1 Å². The van der Waals surface area contributed by atoms with Gasteiger partial charge in [0, 0.05) is 36.1 Å². The van der Waals surface area contributed by atoms with Crippen molar-refractivity contribution in [3.05, 3.63) is 58.4 Å². The first-order valence-electron chi connectivity index (χ1n) is 11.4. The lowest BCUT2D eigenvalue weighted by atomic mass is 9.97. The first kappa shape index (κ1) is 24.8. The molecule has 0 radical (unpaired) electrons. The number of aromatic nitrogens is 4. The van der Waals surface area contributed by atoms with Gasteiger partial charge in [0.2, 0.25) is 11.7 Å². The summed E-state index contributed by atoms with van der Waals surface area (Å²) >= 11 is 12.1. The lowest BCUT2D eigenvalue weighted by Gasteiger charge is -2.27. The highest BCUT2D eigenvalue weighted by Crippen LogP contribution is 2.36. The van der Waals surface area contributed by atoms with Crippen LogP contribution in [-0.2, 0) is 6.61 Å². The van der Waals surface area contributed by atoms with Crippen molar-refractivity contribution in [2.24, 2.45) is 0 Å². The molecule has 13 heteroatoms. The van der Waals surface area contributed by atoms with Crippen LogP contribution in [0.3, 0.4) is 0 Å². The molecule has 0 spiro atoms. The van der Waals surface area contributed by atoms with E-state index in [2.05, 4.69) is 25.4 Å². The van der Waals surface area contributed by atoms with Crippen molar-refractivity contribution in [1.29, 1.82) is 0 Å². The first-order valence-corrected chi connectivity index (χ1v) is 12.1. The van der Waals surface area contributed by atoms with E-state index in [0.29, 0.717) is 75.9 Å². The number of anilines is 2. The zero-order valence-electron chi connectivity index (χ0n) is 19.6. The molecule has 37 heavy (non-hydrogen) atoms. The minimum Gasteiger partial charge on any atom is -0.493 e. The zero-order valence-corrected chi connectivity index (χ0v) is 21.2. The molecule has 0 bridgehead atoms. The summed E-state index contributed by atoms with van der Waals surface area (Å²) in [5.74, 6) is 2.37. The summed E-state index contributed by atoms with van der Waals surface area (Å²) in [5, 5.41) is 18.0. The third kappa shape index (κ3) is 5.47. The molecule has 0 saturated carbocycles. The van der Waals surface area contributed by atoms with Gasteiger partial charge in [-0.2, -0.15) is 4.98 Å². The van der Waals surface area contributed by atoms with Crippen LogP contribution in [0.5, 0.6) is 11.5 Å². The monoisotopic (exact) mass is 544 g/mol. The first-order chi connectivity index (χ1) is 17.9. The minimum absolute atomic E-state index is 0.0187. The molecule has 1 aliphatic heterocycles. The van der Waals surface area contributed by atoms with Crippen molar-refractivity contribution in [3.8, 4) is 11.5 Å². The quantitative estimate of drug-likeness (QED) is 0.306. The average Bonchev–Trinajstić information content (AvgIpc) is 3.38. The van der Waals surface area contributed by atoms with Gasteiger partial charge in [0.25, 0.3) is 0 Å². The molecule has 192 valence electrons. The van der Waals surface area contributed by atoms with Crippen LogP contribution in [0, 0.1) is 0 Å². The minimum atomic E-state index is -0.912. The predicted molar refractivity (Wildman–Crippen MR) is 136 cm³/mol. The molecular weight excluding hydrogens is 523 g/mol. The highest BCUT2D eigenvalue weighted by molar-refractivity contribution is 6.42. The zero-order chi connectivity index (χ0) is 25.9. The number of amides is 1. The predicted octanol–water partition coefficient (Wildman–Crippen LogP) is 5.51. The van der Waals surface area contributed by atoms with Gasteiger partial charge in [-0.05, 0) is 37.1 Å². The largest absolute Gasteiger partial charge is 0.493 e. The van der Waals surface area contributed by atoms with Crippen LogP contribution in [0.4, 0.5) is 16.3 Å². The van der Waals surface area contributed by atoms with E-state index >= 15 is 0 Å². The van der Waals surface area contributed by atoms with Gasteiger partial charge in [0.05, 0.1) is 22.7 Å². The molecule has 0 unspecified atom stereocenters. The van der Waals surface area contributed by atoms with Crippen molar-refractivity contribution in [2.75, 3.05) is 25.5 Å². The summed E-state index contributed by atoms with van der Waals surface area (Å²) < 4.78 is 16.9. The van der Waals surface area contributed by atoms with Gasteiger partial charge in [0.15, 0.2) is 18.1 Å². The number of carbonyl (C=O) groups is 1. The Kier molecular flexibility index (Phi) is 7.15. The summed E-state index contributed by atoms with van der Waals surface area (Å²) in [6.07, 6.45) is 1.79. The molecule has 11 nitrogen and oxygen atoms in total. The van der Waals surface area contributed by atoms with E-state index in [0.717, 1.165) is 5.69 Å². The van der Waals surface area contributed by atoms with Crippen molar-refractivity contribution in [2.45, 2.75) is 25.4 Å². The third-order valence-electron chi connectivity index (χ3n) is 6.06. The maximum atomic E-state index is 11.1. The number of nitrogens with zero attached hydrogens (tertiary/aromatic N) is 5. The molecule has 2 N–H and O–H groups in total. The lowest BCUT2D eigenvalue weighted by molar-refractivity contribution is 0.128. The number of methoxy groups -OCH3 is 1. The Morgan fingerprint density at radius 1 is 1.16 bits per heavy atom. The van der Waals surface area contributed by atoms with Gasteiger partial charge < -0.3 is 29.3 Å². The second kappa shape index (κ2) is 10.7. The van der Waals surface area contributed by atoms with E-state index in [4.69, 9.17) is 42.3 Å². The van der Waals surface area contributed by atoms with Gasteiger partial charge in [-0.25, -0.2) is 14.8 Å². The van der Waals surface area contributed by atoms with E-state index in [1.165, 1.54) is 11.2 Å². The molecule has 1 amide bonds. The Morgan fingerprint density at radius 2 is 1.97 bits per heavy atom. The number of hydrogen-bond donors (Lipinski definition) is 2.